The first-order valence-corrected chi connectivity index (χ1v) is 10.4. The Morgan fingerprint density at radius 3 is 2.64 bits per heavy atom. The van der Waals surface area contributed by atoms with Crippen LogP contribution in [-0.2, 0) is 14.8 Å². The van der Waals surface area contributed by atoms with Crippen LogP contribution in [0.5, 0.6) is 0 Å². The maximum absolute atomic E-state index is 12.9. The van der Waals surface area contributed by atoms with Gasteiger partial charge in [-0.25, -0.2) is 8.42 Å². The first-order chi connectivity index (χ1) is 11.5. The molecule has 1 aliphatic rings. The number of amides is 1. The first-order valence-electron chi connectivity index (χ1n) is 8.23. The van der Waals surface area contributed by atoms with Crippen LogP contribution in [0.25, 0.3) is 0 Å². The van der Waals surface area contributed by atoms with Crippen molar-refractivity contribution in [1.29, 1.82) is 0 Å². The Morgan fingerprint density at radius 1 is 1.32 bits per heavy atom. The van der Waals surface area contributed by atoms with Crippen molar-refractivity contribution < 1.29 is 13.2 Å². The minimum Gasteiger partial charge on any atom is -0.355 e. The van der Waals surface area contributed by atoms with Crippen molar-refractivity contribution in [2.45, 2.75) is 38.5 Å². The summed E-state index contributed by atoms with van der Waals surface area (Å²) in [7, 11) is -3.79. The van der Waals surface area contributed by atoms with Gasteiger partial charge in [0.25, 0.3) is 0 Å². The predicted molar refractivity (Wildman–Crippen MR) is 100 cm³/mol. The number of nitrogens with one attached hydrogen (secondary N) is 1. The molecule has 1 aromatic carbocycles. The van der Waals surface area contributed by atoms with E-state index in [1.54, 1.807) is 6.07 Å². The van der Waals surface area contributed by atoms with Gasteiger partial charge < -0.3 is 5.32 Å². The van der Waals surface area contributed by atoms with Crippen LogP contribution in [0, 0.1) is 11.3 Å². The first kappa shape index (κ1) is 20.5. The molecule has 1 fully saturated rings. The number of piperidine rings is 1. The van der Waals surface area contributed by atoms with Crippen LogP contribution in [0.3, 0.4) is 0 Å². The summed E-state index contributed by atoms with van der Waals surface area (Å²) in [4.78, 5) is 12.4. The molecule has 140 valence electrons. The van der Waals surface area contributed by atoms with Crippen LogP contribution in [0.15, 0.2) is 23.1 Å². The Morgan fingerprint density at radius 2 is 2.00 bits per heavy atom. The molecule has 1 aliphatic heterocycles. The van der Waals surface area contributed by atoms with E-state index in [0.717, 1.165) is 0 Å². The van der Waals surface area contributed by atoms with E-state index in [1.807, 2.05) is 20.8 Å². The molecule has 0 spiro atoms. The summed E-state index contributed by atoms with van der Waals surface area (Å²) in [6.07, 6.45) is 1.30. The Labute approximate surface area is 159 Å². The van der Waals surface area contributed by atoms with Gasteiger partial charge >= 0.3 is 0 Å². The molecule has 0 saturated carbocycles. The summed E-state index contributed by atoms with van der Waals surface area (Å²) in [6, 6.07) is 4.36. The third-order valence-corrected chi connectivity index (χ3v) is 6.64. The minimum absolute atomic E-state index is 0.0163. The Bertz CT molecular complexity index is 745. The predicted octanol–water partition coefficient (Wildman–Crippen LogP) is 3.56. The van der Waals surface area contributed by atoms with E-state index < -0.39 is 10.0 Å². The zero-order valence-electron chi connectivity index (χ0n) is 14.7. The average molecular weight is 407 g/mol. The van der Waals surface area contributed by atoms with Crippen LogP contribution in [0.4, 0.5) is 0 Å². The molecule has 8 heteroatoms. The fourth-order valence-electron chi connectivity index (χ4n) is 2.69. The second-order valence-corrected chi connectivity index (χ2v) is 10.3. The highest BCUT2D eigenvalue weighted by molar-refractivity contribution is 7.89. The van der Waals surface area contributed by atoms with Crippen LogP contribution in [0.2, 0.25) is 10.0 Å². The number of halogens is 2. The van der Waals surface area contributed by atoms with Crippen molar-refractivity contribution in [3.8, 4) is 0 Å². The summed E-state index contributed by atoms with van der Waals surface area (Å²) >= 11 is 12.0. The van der Waals surface area contributed by atoms with Gasteiger partial charge in [0.2, 0.25) is 15.9 Å². The SMILES string of the molecule is CC(C)(C)CNC(=O)[C@@H]1CCCN(S(=O)(=O)c2cc(Cl)ccc2Cl)C1. The highest BCUT2D eigenvalue weighted by Crippen LogP contribution is 2.30. The topological polar surface area (TPSA) is 66.5 Å². The van der Waals surface area contributed by atoms with E-state index in [-0.39, 0.29) is 33.7 Å². The molecule has 1 aromatic rings. The van der Waals surface area contributed by atoms with Gasteiger partial charge in [-0.15, -0.1) is 0 Å². The monoisotopic (exact) mass is 406 g/mol. The average Bonchev–Trinajstić information content (AvgIpc) is 2.54. The smallest absolute Gasteiger partial charge is 0.244 e. The van der Waals surface area contributed by atoms with Crippen molar-refractivity contribution in [2.75, 3.05) is 19.6 Å². The van der Waals surface area contributed by atoms with Gasteiger partial charge in [-0.2, -0.15) is 4.31 Å². The summed E-state index contributed by atoms with van der Waals surface area (Å²) in [5.74, 6) is -0.462. The lowest BCUT2D eigenvalue weighted by molar-refractivity contribution is -0.126. The molecule has 0 aliphatic carbocycles. The Kier molecular flexibility index (Phi) is 6.41. The molecular formula is C17H24Cl2N2O3S. The number of carbonyl (C=O) groups is 1. The highest BCUT2D eigenvalue weighted by atomic mass is 35.5. The van der Waals surface area contributed by atoms with Gasteiger partial charge in [0.15, 0.2) is 0 Å². The standard InChI is InChI=1S/C17H24Cl2N2O3S/c1-17(2,3)11-20-16(22)12-5-4-8-21(10-12)25(23,24)15-9-13(18)6-7-14(15)19/h6-7,9,12H,4-5,8,10-11H2,1-3H3,(H,20,22)/t12-/m1/s1. The summed E-state index contributed by atoms with van der Waals surface area (Å²) in [5, 5.41) is 3.35. The molecule has 0 aromatic heterocycles. The lowest BCUT2D eigenvalue weighted by Crippen LogP contribution is -2.46. The maximum Gasteiger partial charge on any atom is 0.244 e. The quantitative estimate of drug-likeness (QED) is 0.830. The largest absolute Gasteiger partial charge is 0.355 e. The summed E-state index contributed by atoms with van der Waals surface area (Å²) < 4.78 is 27.1. The molecule has 5 nitrogen and oxygen atoms in total. The van der Waals surface area contributed by atoms with Crippen molar-refractivity contribution in [3.05, 3.63) is 28.2 Å². The van der Waals surface area contributed by atoms with Gasteiger partial charge in [0, 0.05) is 24.7 Å². The van der Waals surface area contributed by atoms with E-state index in [0.29, 0.717) is 31.0 Å². The number of nitrogens with zero attached hydrogens (tertiary/aromatic N) is 1. The van der Waals surface area contributed by atoms with E-state index in [1.165, 1.54) is 16.4 Å². The maximum atomic E-state index is 12.9. The number of rotatable bonds is 4. The normalized spacial score (nSPS) is 19.6. The molecule has 1 saturated heterocycles. The van der Waals surface area contributed by atoms with Crippen molar-refractivity contribution in [3.63, 3.8) is 0 Å². The number of sulfonamides is 1. The van der Waals surface area contributed by atoms with Crippen LogP contribution in [-0.4, -0.2) is 38.3 Å². The van der Waals surface area contributed by atoms with E-state index in [2.05, 4.69) is 5.32 Å². The van der Waals surface area contributed by atoms with Gasteiger partial charge in [-0.1, -0.05) is 44.0 Å². The number of carbonyl (C=O) groups excluding carboxylic acids is 1. The number of hydrogen-bond donors (Lipinski definition) is 1. The zero-order valence-corrected chi connectivity index (χ0v) is 17.0. The third-order valence-electron chi connectivity index (χ3n) is 4.06. The molecular weight excluding hydrogens is 383 g/mol. The van der Waals surface area contributed by atoms with Gasteiger partial charge in [0.05, 0.1) is 10.9 Å². The van der Waals surface area contributed by atoms with Crippen LogP contribution >= 0.6 is 23.2 Å². The third kappa shape index (κ3) is 5.33. The molecule has 0 bridgehead atoms. The fourth-order valence-corrected chi connectivity index (χ4v) is 4.95. The zero-order chi connectivity index (χ0) is 18.8. The second kappa shape index (κ2) is 7.82. The Hall–Kier alpha value is -0.820. The lowest BCUT2D eigenvalue weighted by Gasteiger charge is -2.32. The molecule has 0 unspecified atom stereocenters. The molecule has 25 heavy (non-hydrogen) atoms. The lowest BCUT2D eigenvalue weighted by atomic mass is 9.95. The molecule has 2 rings (SSSR count). The van der Waals surface area contributed by atoms with Gasteiger partial charge in [-0.3, -0.25) is 4.79 Å². The molecule has 1 N–H and O–H groups in total. The van der Waals surface area contributed by atoms with E-state index in [4.69, 9.17) is 23.2 Å². The van der Waals surface area contributed by atoms with Crippen LogP contribution < -0.4 is 5.32 Å². The van der Waals surface area contributed by atoms with E-state index in [9.17, 15) is 13.2 Å². The Balaban J connectivity index is 2.14. The van der Waals surface area contributed by atoms with Crippen molar-refractivity contribution in [2.24, 2.45) is 11.3 Å². The van der Waals surface area contributed by atoms with E-state index >= 15 is 0 Å². The molecule has 1 amide bonds. The molecule has 1 heterocycles. The highest BCUT2D eigenvalue weighted by Gasteiger charge is 2.34. The minimum atomic E-state index is -3.79. The van der Waals surface area contributed by atoms with Crippen molar-refractivity contribution in [1.82, 2.24) is 9.62 Å². The summed E-state index contributed by atoms with van der Waals surface area (Å²) in [6.45, 7) is 7.18. The fraction of sp³-hybridized carbons (Fsp3) is 0.588. The van der Waals surface area contributed by atoms with Crippen LogP contribution in [0.1, 0.15) is 33.6 Å². The number of benzene rings is 1. The molecule has 0 radical (unpaired) electrons. The number of hydrogen-bond acceptors (Lipinski definition) is 3. The second-order valence-electron chi connectivity index (χ2n) is 7.56. The molecule has 1 atom stereocenters. The van der Waals surface area contributed by atoms with Gasteiger partial charge in [-0.05, 0) is 36.5 Å². The van der Waals surface area contributed by atoms with Crippen molar-refractivity contribution >= 4 is 39.1 Å². The summed E-state index contributed by atoms with van der Waals surface area (Å²) in [5.41, 5.74) is -0.0234. The van der Waals surface area contributed by atoms with Gasteiger partial charge in [0.1, 0.15) is 4.90 Å².